The molecule has 1 aliphatic carbocycles. The van der Waals surface area contributed by atoms with E-state index in [1.807, 2.05) is 39.0 Å². The molecular formula is C22H30N2O5. The number of nitrogens with one attached hydrogen (secondary N) is 1. The topological polar surface area (TPSA) is 69.3 Å². The van der Waals surface area contributed by atoms with Gasteiger partial charge in [-0.1, -0.05) is 0 Å². The lowest BCUT2D eigenvalue weighted by Crippen LogP contribution is -2.36. The van der Waals surface area contributed by atoms with Gasteiger partial charge in [-0.25, -0.2) is 4.79 Å². The fraction of sp³-hybridized carbons (Fsp3) is 0.591. The highest BCUT2D eigenvalue weighted by Gasteiger charge is 2.40. The van der Waals surface area contributed by atoms with Crippen molar-refractivity contribution in [1.82, 2.24) is 10.4 Å². The van der Waals surface area contributed by atoms with Gasteiger partial charge in [-0.05, 0) is 64.7 Å². The molecule has 7 heteroatoms. The first kappa shape index (κ1) is 19.9. The molecule has 0 spiro atoms. The second-order valence-corrected chi connectivity index (χ2v) is 8.86. The Balaban J connectivity index is 1.55. The van der Waals surface area contributed by atoms with Crippen LogP contribution in [0.25, 0.3) is 5.70 Å². The summed E-state index contributed by atoms with van der Waals surface area (Å²) < 4.78 is 17.2. The highest BCUT2D eigenvalue weighted by Crippen LogP contribution is 2.37. The van der Waals surface area contributed by atoms with Gasteiger partial charge in [-0.15, -0.1) is 0 Å². The standard InChI is InChI=1S/C22H30N2O5/c1-22(2,3)28-21(25)24-12-16-19(13-24)29-23-20(16)14-9-10-17(26-4)18(11-14)27-15-7-5-6-8-15/h9-11,15,19,23H,5-8,12-13H2,1-4H3. The number of fused-ring (bicyclic) bond motifs is 1. The summed E-state index contributed by atoms with van der Waals surface area (Å²) in [4.78, 5) is 19.9. The molecule has 0 radical (unpaired) electrons. The Labute approximate surface area is 171 Å². The molecule has 1 amide bonds. The molecule has 2 fully saturated rings. The molecule has 1 unspecified atom stereocenters. The molecule has 7 nitrogen and oxygen atoms in total. The summed E-state index contributed by atoms with van der Waals surface area (Å²) in [6, 6.07) is 5.90. The predicted octanol–water partition coefficient (Wildman–Crippen LogP) is 3.88. The fourth-order valence-electron chi connectivity index (χ4n) is 4.05. The van der Waals surface area contributed by atoms with Crippen molar-refractivity contribution in [2.45, 2.75) is 64.3 Å². The number of hydroxylamine groups is 1. The lowest BCUT2D eigenvalue weighted by Gasteiger charge is -2.24. The molecular weight excluding hydrogens is 372 g/mol. The van der Waals surface area contributed by atoms with Crippen LogP contribution in [0, 0.1) is 0 Å². The van der Waals surface area contributed by atoms with Crippen LogP contribution in [0.3, 0.4) is 0 Å². The Bertz CT molecular complexity index is 808. The van der Waals surface area contributed by atoms with Crippen LogP contribution >= 0.6 is 0 Å². The van der Waals surface area contributed by atoms with Gasteiger partial charge in [0.25, 0.3) is 0 Å². The molecule has 158 valence electrons. The molecule has 1 saturated heterocycles. The van der Waals surface area contributed by atoms with Crippen molar-refractivity contribution in [1.29, 1.82) is 0 Å². The number of rotatable bonds is 4. The first-order chi connectivity index (χ1) is 13.8. The summed E-state index contributed by atoms with van der Waals surface area (Å²) in [5.41, 5.74) is 5.42. The van der Waals surface area contributed by atoms with Crippen molar-refractivity contribution in [3.05, 3.63) is 29.3 Å². The molecule has 3 aliphatic rings. The molecule has 29 heavy (non-hydrogen) atoms. The minimum absolute atomic E-state index is 0.168. The van der Waals surface area contributed by atoms with Gasteiger partial charge in [-0.2, -0.15) is 0 Å². The van der Waals surface area contributed by atoms with E-state index in [2.05, 4.69) is 5.48 Å². The Kier molecular flexibility index (Phi) is 5.34. The molecule has 1 aromatic carbocycles. The maximum atomic E-state index is 12.4. The third-order valence-electron chi connectivity index (χ3n) is 5.46. The summed E-state index contributed by atoms with van der Waals surface area (Å²) in [7, 11) is 1.65. The van der Waals surface area contributed by atoms with Gasteiger partial charge in [-0.3, -0.25) is 10.3 Å². The van der Waals surface area contributed by atoms with Crippen molar-refractivity contribution in [3.8, 4) is 11.5 Å². The first-order valence-corrected chi connectivity index (χ1v) is 10.3. The number of nitrogens with zero attached hydrogens (tertiary/aromatic N) is 1. The van der Waals surface area contributed by atoms with E-state index >= 15 is 0 Å². The second kappa shape index (κ2) is 7.78. The van der Waals surface area contributed by atoms with E-state index < -0.39 is 5.60 Å². The second-order valence-electron chi connectivity index (χ2n) is 8.86. The predicted molar refractivity (Wildman–Crippen MR) is 109 cm³/mol. The fourth-order valence-corrected chi connectivity index (χ4v) is 4.05. The minimum atomic E-state index is -0.520. The van der Waals surface area contributed by atoms with Crippen LogP contribution < -0.4 is 15.0 Å². The van der Waals surface area contributed by atoms with E-state index in [4.69, 9.17) is 19.0 Å². The average molecular weight is 402 g/mol. The van der Waals surface area contributed by atoms with Crippen LogP contribution in [0.4, 0.5) is 4.79 Å². The first-order valence-electron chi connectivity index (χ1n) is 10.3. The number of carbonyl (C=O) groups is 1. The van der Waals surface area contributed by atoms with Crippen LogP contribution in [0.5, 0.6) is 11.5 Å². The van der Waals surface area contributed by atoms with Gasteiger partial charge < -0.3 is 19.1 Å². The Morgan fingerprint density at radius 3 is 2.66 bits per heavy atom. The summed E-state index contributed by atoms with van der Waals surface area (Å²) in [5, 5.41) is 0. The molecule has 1 aromatic rings. The Hall–Kier alpha value is -2.41. The lowest BCUT2D eigenvalue weighted by molar-refractivity contribution is 0.0146. The SMILES string of the molecule is COc1ccc(C2=C3CN(C(=O)OC(C)(C)C)CC3ON2)cc1OC1CCCC1. The average Bonchev–Trinajstić information content (AvgIpc) is 3.37. The minimum Gasteiger partial charge on any atom is -0.493 e. The molecule has 2 aliphatic heterocycles. The van der Waals surface area contributed by atoms with Crippen LogP contribution in [0.2, 0.25) is 0 Å². The number of benzene rings is 1. The monoisotopic (exact) mass is 402 g/mol. The molecule has 0 aromatic heterocycles. The van der Waals surface area contributed by atoms with E-state index in [-0.39, 0.29) is 18.3 Å². The van der Waals surface area contributed by atoms with E-state index in [9.17, 15) is 4.79 Å². The van der Waals surface area contributed by atoms with Gasteiger partial charge in [0.2, 0.25) is 0 Å². The number of hydrogen-bond donors (Lipinski definition) is 1. The molecule has 1 atom stereocenters. The molecule has 2 heterocycles. The number of carbonyl (C=O) groups excluding carboxylic acids is 1. The third kappa shape index (κ3) is 4.29. The summed E-state index contributed by atoms with van der Waals surface area (Å²) in [5.74, 6) is 1.47. The number of ether oxygens (including phenoxy) is 3. The zero-order valence-electron chi connectivity index (χ0n) is 17.6. The van der Waals surface area contributed by atoms with Gasteiger partial charge >= 0.3 is 6.09 Å². The van der Waals surface area contributed by atoms with Crippen LogP contribution in [-0.2, 0) is 9.57 Å². The summed E-state index contributed by atoms with van der Waals surface area (Å²) >= 11 is 0. The Morgan fingerprint density at radius 1 is 1.21 bits per heavy atom. The van der Waals surface area contributed by atoms with Crippen LogP contribution in [0.1, 0.15) is 52.0 Å². The normalized spacial score (nSPS) is 21.9. The van der Waals surface area contributed by atoms with E-state index in [0.717, 1.165) is 41.2 Å². The number of methoxy groups -OCH3 is 1. The quantitative estimate of drug-likeness (QED) is 0.824. The smallest absolute Gasteiger partial charge is 0.410 e. The van der Waals surface area contributed by atoms with Crippen molar-refractivity contribution >= 4 is 11.8 Å². The maximum absolute atomic E-state index is 12.4. The maximum Gasteiger partial charge on any atom is 0.410 e. The summed E-state index contributed by atoms with van der Waals surface area (Å²) in [6.45, 7) is 6.56. The van der Waals surface area contributed by atoms with Crippen LogP contribution in [-0.4, -0.2) is 49.0 Å². The molecule has 1 N–H and O–H groups in total. The highest BCUT2D eigenvalue weighted by atomic mass is 16.7. The van der Waals surface area contributed by atoms with Gasteiger partial charge in [0.05, 0.1) is 32.0 Å². The van der Waals surface area contributed by atoms with Crippen LogP contribution in [0.15, 0.2) is 23.8 Å². The van der Waals surface area contributed by atoms with E-state index in [1.54, 1.807) is 12.0 Å². The molecule has 1 saturated carbocycles. The van der Waals surface area contributed by atoms with Crippen molar-refractivity contribution in [3.63, 3.8) is 0 Å². The zero-order chi connectivity index (χ0) is 20.6. The van der Waals surface area contributed by atoms with Crippen molar-refractivity contribution in [2.75, 3.05) is 20.2 Å². The largest absolute Gasteiger partial charge is 0.493 e. The Morgan fingerprint density at radius 2 is 1.97 bits per heavy atom. The van der Waals surface area contributed by atoms with E-state index in [1.165, 1.54) is 12.8 Å². The molecule has 0 bridgehead atoms. The molecule has 4 rings (SSSR count). The van der Waals surface area contributed by atoms with Gasteiger partial charge in [0, 0.05) is 11.1 Å². The van der Waals surface area contributed by atoms with E-state index in [0.29, 0.717) is 13.1 Å². The highest BCUT2D eigenvalue weighted by molar-refractivity contribution is 5.75. The van der Waals surface area contributed by atoms with Gasteiger partial charge in [0.1, 0.15) is 11.7 Å². The van der Waals surface area contributed by atoms with Gasteiger partial charge in [0.15, 0.2) is 11.5 Å². The van der Waals surface area contributed by atoms with Crippen molar-refractivity contribution in [2.24, 2.45) is 0 Å². The third-order valence-corrected chi connectivity index (χ3v) is 5.46. The number of amides is 1. The zero-order valence-corrected chi connectivity index (χ0v) is 17.6. The number of likely N-dealkylation sites (tertiary alicyclic amines) is 1. The van der Waals surface area contributed by atoms with Crippen molar-refractivity contribution < 1.29 is 23.8 Å². The lowest BCUT2D eigenvalue weighted by atomic mass is 10.0. The number of hydrogen-bond acceptors (Lipinski definition) is 6. The summed E-state index contributed by atoms with van der Waals surface area (Å²) in [6.07, 6.45) is 4.33.